The Labute approximate surface area is 142 Å². The number of fused-ring (bicyclic) bond motifs is 1. The zero-order valence-electron chi connectivity index (χ0n) is 13.4. The Balaban J connectivity index is 2.19. The average molecular weight is 338 g/mol. The van der Waals surface area contributed by atoms with Gasteiger partial charge in [-0.1, -0.05) is 42.0 Å². The molecule has 0 N–H and O–H groups in total. The van der Waals surface area contributed by atoms with Crippen LogP contribution in [0.2, 0.25) is 0 Å². The van der Waals surface area contributed by atoms with Gasteiger partial charge in [-0.2, -0.15) is 0 Å². The standard InChI is InChI=1S/C19H18N2O2S/c1-3-14-21(24(22,23)17-11-9-15(2)10-12-17)18-8-4-6-16-7-5-13-20-19(16)18/h3-13H,1,14H2,2H3. The van der Waals surface area contributed by atoms with Crippen LogP contribution in [0.4, 0.5) is 5.69 Å². The average Bonchev–Trinajstić information content (AvgIpc) is 2.59. The number of pyridine rings is 1. The van der Waals surface area contributed by atoms with E-state index in [9.17, 15) is 8.42 Å². The molecule has 24 heavy (non-hydrogen) atoms. The van der Waals surface area contributed by atoms with E-state index < -0.39 is 10.0 Å². The molecule has 1 heterocycles. The zero-order chi connectivity index (χ0) is 17.2. The van der Waals surface area contributed by atoms with Gasteiger partial charge in [-0.05, 0) is 31.2 Å². The van der Waals surface area contributed by atoms with E-state index in [2.05, 4.69) is 11.6 Å². The van der Waals surface area contributed by atoms with Gasteiger partial charge in [0.05, 0.1) is 22.6 Å². The number of nitrogens with zero attached hydrogens (tertiary/aromatic N) is 2. The van der Waals surface area contributed by atoms with Gasteiger partial charge in [0.25, 0.3) is 10.0 Å². The first kappa shape index (κ1) is 16.2. The third-order valence-corrected chi connectivity index (χ3v) is 5.58. The molecule has 4 nitrogen and oxygen atoms in total. The number of para-hydroxylation sites is 1. The summed E-state index contributed by atoms with van der Waals surface area (Å²) in [6, 6.07) is 16.1. The first-order valence-electron chi connectivity index (χ1n) is 7.58. The van der Waals surface area contributed by atoms with Crippen LogP contribution in [-0.4, -0.2) is 19.9 Å². The summed E-state index contributed by atoms with van der Waals surface area (Å²) in [5, 5.41) is 0.892. The normalized spacial score (nSPS) is 11.4. The summed E-state index contributed by atoms with van der Waals surface area (Å²) < 4.78 is 27.6. The molecule has 3 rings (SSSR count). The van der Waals surface area contributed by atoms with Crippen molar-refractivity contribution in [1.82, 2.24) is 4.98 Å². The summed E-state index contributed by atoms with van der Waals surface area (Å²) in [6.45, 7) is 5.80. The fourth-order valence-electron chi connectivity index (χ4n) is 2.57. The molecule has 0 spiro atoms. The number of hydrogen-bond donors (Lipinski definition) is 0. The van der Waals surface area contributed by atoms with Crippen molar-refractivity contribution in [2.75, 3.05) is 10.8 Å². The Bertz CT molecular complexity index is 974. The van der Waals surface area contributed by atoms with E-state index in [4.69, 9.17) is 0 Å². The molecule has 2 aromatic carbocycles. The molecule has 0 bridgehead atoms. The third-order valence-electron chi connectivity index (χ3n) is 3.78. The minimum absolute atomic E-state index is 0.173. The SMILES string of the molecule is C=CCN(c1cccc2cccnc12)S(=O)(=O)c1ccc(C)cc1. The first-order valence-corrected chi connectivity index (χ1v) is 9.02. The second-order valence-corrected chi connectivity index (χ2v) is 7.35. The summed E-state index contributed by atoms with van der Waals surface area (Å²) in [5.74, 6) is 0. The number of hydrogen-bond acceptors (Lipinski definition) is 3. The van der Waals surface area contributed by atoms with Crippen molar-refractivity contribution in [3.8, 4) is 0 Å². The largest absolute Gasteiger partial charge is 0.264 e. The molecule has 5 heteroatoms. The molecule has 0 amide bonds. The minimum Gasteiger partial charge on any atom is -0.260 e. The number of aromatic nitrogens is 1. The van der Waals surface area contributed by atoms with Crippen molar-refractivity contribution in [3.63, 3.8) is 0 Å². The lowest BCUT2D eigenvalue weighted by molar-refractivity contribution is 0.593. The van der Waals surface area contributed by atoms with Crippen molar-refractivity contribution >= 4 is 26.6 Å². The fraction of sp³-hybridized carbons (Fsp3) is 0.105. The number of aryl methyl sites for hydroxylation is 1. The molecule has 0 aliphatic heterocycles. The molecule has 0 fully saturated rings. The Morgan fingerprint density at radius 3 is 2.50 bits per heavy atom. The van der Waals surface area contributed by atoms with Crippen molar-refractivity contribution in [3.05, 3.63) is 79.0 Å². The van der Waals surface area contributed by atoms with Crippen LogP contribution < -0.4 is 4.31 Å². The number of sulfonamides is 1. The Morgan fingerprint density at radius 2 is 1.79 bits per heavy atom. The second-order valence-electron chi connectivity index (χ2n) is 5.49. The van der Waals surface area contributed by atoms with Gasteiger partial charge < -0.3 is 0 Å². The van der Waals surface area contributed by atoms with Crippen LogP contribution in [0, 0.1) is 6.92 Å². The third kappa shape index (κ3) is 2.90. The molecule has 0 aliphatic carbocycles. The maximum atomic E-state index is 13.1. The van der Waals surface area contributed by atoms with Crippen molar-refractivity contribution in [1.29, 1.82) is 0 Å². The van der Waals surface area contributed by atoms with Gasteiger partial charge in [0.15, 0.2) is 0 Å². The van der Waals surface area contributed by atoms with Gasteiger partial charge in [-0.3, -0.25) is 9.29 Å². The summed E-state index contributed by atoms with van der Waals surface area (Å²) >= 11 is 0. The maximum absolute atomic E-state index is 13.1. The lowest BCUT2D eigenvalue weighted by Gasteiger charge is -2.24. The van der Waals surface area contributed by atoms with Crippen LogP contribution in [0.1, 0.15) is 5.56 Å². The molecule has 1 aromatic heterocycles. The number of anilines is 1. The van der Waals surface area contributed by atoms with Crippen molar-refractivity contribution in [2.45, 2.75) is 11.8 Å². The molecule has 0 saturated carbocycles. The van der Waals surface area contributed by atoms with Gasteiger partial charge in [-0.25, -0.2) is 8.42 Å². The molecule has 3 aromatic rings. The van der Waals surface area contributed by atoms with Gasteiger partial charge >= 0.3 is 0 Å². The molecule has 0 unspecified atom stereocenters. The molecule has 0 saturated heterocycles. The number of rotatable bonds is 5. The highest BCUT2D eigenvalue weighted by molar-refractivity contribution is 7.92. The van der Waals surface area contributed by atoms with E-state index in [1.807, 2.05) is 31.2 Å². The van der Waals surface area contributed by atoms with E-state index in [1.165, 1.54) is 4.31 Å². The zero-order valence-corrected chi connectivity index (χ0v) is 14.2. The summed E-state index contributed by atoms with van der Waals surface area (Å²) in [6.07, 6.45) is 3.24. The van der Waals surface area contributed by atoms with Crippen LogP contribution in [0.5, 0.6) is 0 Å². The van der Waals surface area contributed by atoms with Gasteiger partial charge in [0.2, 0.25) is 0 Å². The molecular weight excluding hydrogens is 320 g/mol. The van der Waals surface area contributed by atoms with Gasteiger partial charge in [-0.15, -0.1) is 6.58 Å². The quantitative estimate of drug-likeness (QED) is 0.663. The Kier molecular flexibility index (Phi) is 4.36. The monoisotopic (exact) mass is 338 g/mol. The lowest BCUT2D eigenvalue weighted by Crippen LogP contribution is -2.31. The summed E-state index contributed by atoms with van der Waals surface area (Å²) in [7, 11) is -3.70. The van der Waals surface area contributed by atoms with Crippen molar-refractivity contribution in [2.24, 2.45) is 0 Å². The Morgan fingerprint density at radius 1 is 1.08 bits per heavy atom. The minimum atomic E-state index is -3.70. The van der Waals surface area contributed by atoms with Crippen LogP contribution in [0.15, 0.2) is 78.3 Å². The molecule has 122 valence electrons. The maximum Gasteiger partial charge on any atom is 0.264 e. The number of benzene rings is 2. The van der Waals surface area contributed by atoms with Crippen LogP contribution in [0.25, 0.3) is 10.9 Å². The fourth-order valence-corrected chi connectivity index (χ4v) is 4.01. The van der Waals surface area contributed by atoms with E-state index in [0.717, 1.165) is 10.9 Å². The topological polar surface area (TPSA) is 50.3 Å². The molecule has 0 aliphatic rings. The van der Waals surface area contributed by atoms with Crippen LogP contribution in [-0.2, 0) is 10.0 Å². The van der Waals surface area contributed by atoms with Gasteiger partial charge in [0.1, 0.15) is 0 Å². The summed E-state index contributed by atoms with van der Waals surface area (Å²) in [5.41, 5.74) is 2.21. The van der Waals surface area contributed by atoms with E-state index in [0.29, 0.717) is 11.2 Å². The predicted molar refractivity (Wildman–Crippen MR) is 97.7 cm³/mol. The van der Waals surface area contributed by atoms with E-state index >= 15 is 0 Å². The Hall–Kier alpha value is -2.66. The smallest absolute Gasteiger partial charge is 0.260 e. The summed E-state index contributed by atoms with van der Waals surface area (Å²) in [4.78, 5) is 4.62. The highest BCUT2D eigenvalue weighted by atomic mass is 32.2. The molecule has 0 radical (unpaired) electrons. The first-order chi connectivity index (χ1) is 11.5. The van der Waals surface area contributed by atoms with Crippen LogP contribution in [0.3, 0.4) is 0 Å². The van der Waals surface area contributed by atoms with Gasteiger partial charge in [0, 0.05) is 11.6 Å². The van der Waals surface area contributed by atoms with E-state index in [-0.39, 0.29) is 11.4 Å². The lowest BCUT2D eigenvalue weighted by atomic mass is 10.2. The van der Waals surface area contributed by atoms with Crippen LogP contribution >= 0.6 is 0 Å². The predicted octanol–water partition coefficient (Wildman–Crippen LogP) is 3.92. The molecule has 0 atom stereocenters. The highest BCUT2D eigenvalue weighted by Gasteiger charge is 2.25. The van der Waals surface area contributed by atoms with Crippen molar-refractivity contribution < 1.29 is 8.42 Å². The molecular formula is C19H18N2O2S. The highest BCUT2D eigenvalue weighted by Crippen LogP contribution is 2.29. The van der Waals surface area contributed by atoms with E-state index in [1.54, 1.807) is 42.6 Å². The second kappa shape index (κ2) is 6.45.